The maximum absolute atomic E-state index is 12.0. The Labute approximate surface area is 123 Å². The molecular formula is C16H30N2O2. The summed E-state index contributed by atoms with van der Waals surface area (Å²) in [6, 6.07) is 0. The maximum Gasteiger partial charge on any atom is 0.410 e. The fourth-order valence-corrected chi connectivity index (χ4v) is 3.47. The van der Waals surface area contributed by atoms with Gasteiger partial charge in [-0.3, -0.25) is 0 Å². The van der Waals surface area contributed by atoms with Crippen LogP contribution in [0.1, 0.15) is 46.5 Å². The van der Waals surface area contributed by atoms with Gasteiger partial charge in [0, 0.05) is 19.6 Å². The number of amides is 1. The summed E-state index contributed by atoms with van der Waals surface area (Å²) >= 11 is 0. The summed E-state index contributed by atoms with van der Waals surface area (Å²) in [6.07, 6.45) is 4.82. The third-order valence-corrected chi connectivity index (χ3v) is 4.52. The van der Waals surface area contributed by atoms with E-state index in [-0.39, 0.29) is 11.7 Å². The molecule has 2 aliphatic heterocycles. The first-order chi connectivity index (χ1) is 9.35. The molecule has 116 valence electrons. The van der Waals surface area contributed by atoms with Gasteiger partial charge in [0.25, 0.3) is 0 Å². The number of ether oxygens (including phenoxy) is 1. The van der Waals surface area contributed by atoms with Crippen LogP contribution in [-0.2, 0) is 4.74 Å². The average molecular weight is 282 g/mol. The third-order valence-electron chi connectivity index (χ3n) is 4.52. The van der Waals surface area contributed by atoms with Crippen LogP contribution in [0.2, 0.25) is 0 Å². The Morgan fingerprint density at radius 3 is 2.25 bits per heavy atom. The standard InChI is InChI=1S/C16H30N2O2/c1-16(2,3)20-15(19)18-10-7-13(8-11-18)14-6-5-9-17(4)12-14/h13-14H,5-12H2,1-4H3/t14-/m0/s1. The highest BCUT2D eigenvalue weighted by atomic mass is 16.6. The molecule has 0 spiro atoms. The summed E-state index contributed by atoms with van der Waals surface area (Å²) in [5.41, 5.74) is -0.389. The monoisotopic (exact) mass is 282 g/mol. The molecule has 0 radical (unpaired) electrons. The largest absolute Gasteiger partial charge is 0.444 e. The van der Waals surface area contributed by atoms with Crippen LogP contribution >= 0.6 is 0 Å². The lowest BCUT2D eigenvalue weighted by molar-refractivity contribution is 0.0135. The Morgan fingerprint density at radius 2 is 1.70 bits per heavy atom. The molecule has 20 heavy (non-hydrogen) atoms. The first kappa shape index (κ1) is 15.6. The van der Waals surface area contributed by atoms with Gasteiger partial charge in [0.05, 0.1) is 0 Å². The van der Waals surface area contributed by atoms with Gasteiger partial charge in [-0.15, -0.1) is 0 Å². The average Bonchev–Trinajstić information content (AvgIpc) is 2.37. The van der Waals surface area contributed by atoms with Gasteiger partial charge in [0.15, 0.2) is 0 Å². The van der Waals surface area contributed by atoms with Crippen molar-refractivity contribution in [1.29, 1.82) is 0 Å². The zero-order valence-corrected chi connectivity index (χ0v) is 13.5. The summed E-state index contributed by atoms with van der Waals surface area (Å²) in [5.74, 6) is 1.62. The van der Waals surface area contributed by atoms with E-state index in [0.717, 1.165) is 37.8 Å². The van der Waals surface area contributed by atoms with Gasteiger partial charge >= 0.3 is 6.09 Å². The van der Waals surface area contributed by atoms with E-state index in [2.05, 4.69) is 11.9 Å². The second kappa shape index (κ2) is 6.33. The predicted octanol–water partition coefficient (Wildman–Crippen LogP) is 2.98. The second-order valence-corrected chi connectivity index (χ2v) is 7.47. The van der Waals surface area contributed by atoms with Crippen LogP contribution in [0.3, 0.4) is 0 Å². The molecule has 4 heteroatoms. The predicted molar refractivity (Wildman–Crippen MR) is 80.8 cm³/mol. The number of piperidine rings is 2. The molecule has 4 nitrogen and oxygen atoms in total. The van der Waals surface area contributed by atoms with Crippen molar-refractivity contribution in [2.75, 3.05) is 33.2 Å². The van der Waals surface area contributed by atoms with Crippen molar-refractivity contribution in [3.63, 3.8) is 0 Å². The van der Waals surface area contributed by atoms with Gasteiger partial charge in [-0.25, -0.2) is 4.79 Å². The van der Waals surface area contributed by atoms with Gasteiger partial charge in [0.1, 0.15) is 5.60 Å². The number of carbonyl (C=O) groups is 1. The fraction of sp³-hybridized carbons (Fsp3) is 0.938. The lowest BCUT2D eigenvalue weighted by atomic mass is 9.80. The molecule has 2 saturated heterocycles. The molecule has 2 aliphatic rings. The SMILES string of the molecule is CN1CCC[C@H](C2CCN(C(=O)OC(C)(C)C)CC2)C1. The molecule has 0 aliphatic carbocycles. The Balaban J connectivity index is 1.78. The summed E-state index contributed by atoms with van der Waals surface area (Å²) in [6.45, 7) is 9.98. The topological polar surface area (TPSA) is 32.8 Å². The van der Waals surface area contributed by atoms with Crippen LogP contribution in [0.5, 0.6) is 0 Å². The highest BCUT2D eigenvalue weighted by molar-refractivity contribution is 5.68. The molecule has 0 aromatic carbocycles. The zero-order valence-electron chi connectivity index (χ0n) is 13.5. The van der Waals surface area contributed by atoms with E-state index in [0.29, 0.717) is 0 Å². The highest BCUT2D eigenvalue weighted by Gasteiger charge is 2.31. The normalized spacial score (nSPS) is 26.6. The van der Waals surface area contributed by atoms with Crippen LogP contribution in [0.15, 0.2) is 0 Å². The van der Waals surface area contributed by atoms with Crippen molar-refractivity contribution in [2.45, 2.75) is 52.1 Å². The van der Waals surface area contributed by atoms with E-state index < -0.39 is 0 Å². The quantitative estimate of drug-likeness (QED) is 0.741. The van der Waals surface area contributed by atoms with Crippen LogP contribution in [0.4, 0.5) is 4.79 Å². The van der Waals surface area contributed by atoms with Gasteiger partial charge in [-0.1, -0.05) is 0 Å². The molecule has 0 unspecified atom stereocenters. The smallest absolute Gasteiger partial charge is 0.410 e. The molecule has 0 saturated carbocycles. The van der Waals surface area contributed by atoms with E-state index in [9.17, 15) is 4.79 Å². The summed E-state index contributed by atoms with van der Waals surface area (Å²) in [7, 11) is 2.22. The summed E-state index contributed by atoms with van der Waals surface area (Å²) < 4.78 is 5.45. The molecule has 2 rings (SSSR count). The number of hydrogen-bond donors (Lipinski definition) is 0. The van der Waals surface area contributed by atoms with Crippen LogP contribution < -0.4 is 0 Å². The molecule has 1 amide bonds. The lowest BCUT2D eigenvalue weighted by Crippen LogP contribution is -2.45. The first-order valence-corrected chi connectivity index (χ1v) is 8.01. The summed E-state index contributed by atoms with van der Waals surface area (Å²) in [4.78, 5) is 16.4. The maximum atomic E-state index is 12.0. The minimum atomic E-state index is -0.389. The van der Waals surface area contributed by atoms with Crippen molar-refractivity contribution in [3.05, 3.63) is 0 Å². The summed E-state index contributed by atoms with van der Waals surface area (Å²) in [5, 5.41) is 0. The number of likely N-dealkylation sites (tertiary alicyclic amines) is 2. The molecule has 0 aromatic heterocycles. The zero-order chi connectivity index (χ0) is 14.8. The number of nitrogens with zero attached hydrogens (tertiary/aromatic N) is 2. The van der Waals surface area contributed by atoms with Crippen LogP contribution in [0.25, 0.3) is 0 Å². The third kappa shape index (κ3) is 4.37. The minimum Gasteiger partial charge on any atom is -0.444 e. The van der Waals surface area contributed by atoms with E-state index in [1.165, 1.54) is 25.9 Å². The van der Waals surface area contributed by atoms with Crippen LogP contribution in [-0.4, -0.2) is 54.7 Å². The van der Waals surface area contributed by atoms with Crippen molar-refractivity contribution in [1.82, 2.24) is 9.80 Å². The van der Waals surface area contributed by atoms with Crippen molar-refractivity contribution in [3.8, 4) is 0 Å². The first-order valence-electron chi connectivity index (χ1n) is 8.01. The Bertz CT molecular complexity index is 330. The Kier molecular flexibility index (Phi) is 4.95. The minimum absolute atomic E-state index is 0.142. The fourth-order valence-electron chi connectivity index (χ4n) is 3.47. The number of carbonyl (C=O) groups excluding carboxylic acids is 1. The molecule has 0 N–H and O–H groups in total. The van der Waals surface area contributed by atoms with E-state index in [4.69, 9.17) is 4.74 Å². The van der Waals surface area contributed by atoms with E-state index >= 15 is 0 Å². The van der Waals surface area contributed by atoms with Gasteiger partial charge in [-0.05, 0) is 71.9 Å². The molecule has 1 atom stereocenters. The van der Waals surface area contributed by atoms with E-state index in [1.807, 2.05) is 25.7 Å². The van der Waals surface area contributed by atoms with Crippen molar-refractivity contribution < 1.29 is 9.53 Å². The lowest BCUT2D eigenvalue weighted by Gasteiger charge is -2.40. The van der Waals surface area contributed by atoms with Crippen molar-refractivity contribution in [2.24, 2.45) is 11.8 Å². The second-order valence-electron chi connectivity index (χ2n) is 7.47. The molecule has 0 bridgehead atoms. The number of rotatable bonds is 1. The molecule has 0 aromatic rings. The van der Waals surface area contributed by atoms with Crippen LogP contribution in [0, 0.1) is 11.8 Å². The van der Waals surface area contributed by atoms with Gasteiger partial charge < -0.3 is 14.5 Å². The Hall–Kier alpha value is -0.770. The molecule has 2 fully saturated rings. The molecule has 2 heterocycles. The van der Waals surface area contributed by atoms with Gasteiger partial charge in [0.2, 0.25) is 0 Å². The number of hydrogen-bond acceptors (Lipinski definition) is 3. The highest BCUT2D eigenvalue weighted by Crippen LogP contribution is 2.31. The molecular weight excluding hydrogens is 252 g/mol. The van der Waals surface area contributed by atoms with Crippen molar-refractivity contribution >= 4 is 6.09 Å². The van der Waals surface area contributed by atoms with Gasteiger partial charge in [-0.2, -0.15) is 0 Å². The Morgan fingerprint density at radius 1 is 1.05 bits per heavy atom. The van der Waals surface area contributed by atoms with E-state index in [1.54, 1.807) is 0 Å².